The molecular formula is C13H19BrN2. The molecule has 1 aromatic rings. The Morgan fingerprint density at radius 1 is 1.44 bits per heavy atom. The van der Waals surface area contributed by atoms with Gasteiger partial charge in [-0.25, -0.2) is 0 Å². The Labute approximate surface area is 106 Å². The van der Waals surface area contributed by atoms with E-state index in [4.69, 9.17) is 0 Å². The number of hydrogen-bond donors (Lipinski definition) is 1. The summed E-state index contributed by atoms with van der Waals surface area (Å²) in [5.41, 5.74) is 1.25. The Kier molecular flexibility index (Phi) is 4.36. The first-order chi connectivity index (χ1) is 7.75. The number of aromatic nitrogens is 1. The zero-order chi connectivity index (χ0) is 11.4. The van der Waals surface area contributed by atoms with E-state index in [1.165, 1.54) is 31.2 Å². The molecule has 1 aliphatic rings. The van der Waals surface area contributed by atoms with Gasteiger partial charge in [-0.1, -0.05) is 12.8 Å². The molecular weight excluding hydrogens is 264 g/mol. The third kappa shape index (κ3) is 3.29. The average Bonchev–Trinajstić information content (AvgIpc) is 2.79. The summed E-state index contributed by atoms with van der Waals surface area (Å²) in [6.45, 7) is 3.23. The second-order valence-electron chi connectivity index (χ2n) is 4.73. The zero-order valence-electron chi connectivity index (χ0n) is 9.75. The highest BCUT2D eigenvalue weighted by molar-refractivity contribution is 9.10. The van der Waals surface area contributed by atoms with Crippen molar-refractivity contribution < 1.29 is 0 Å². The molecule has 0 unspecified atom stereocenters. The number of nitrogens with zero attached hydrogens (tertiary/aromatic N) is 1. The third-order valence-electron chi connectivity index (χ3n) is 3.50. The van der Waals surface area contributed by atoms with Crippen LogP contribution in [0.5, 0.6) is 0 Å². The lowest BCUT2D eigenvalue weighted by molar-refractivity contribution is 0.380. The van der Waals surface area contributed by atoms with E-state index in [2.05, 4.69) is 39.2 Å². The highest BCUT2D eigenvalue weighted by atomic mass is 79.9. The van der Waals surface area contributed by atoms with Gasteiger partial charge < -0.3 is 5.32 Å². The molecule has 1 N–H and O–H groups in total. The van der Waals surface area contributed by atoms with Gasteiger partial charge in [-0.05, 0) is 53.2 Å². The molecule has 0 spiro atoms. The predicted octanol–water partition coefficient (Wildman–Crippen LogP) is 3.51. The van der Waals surface area contributed by atoms with Crippen LogP contribution in [0.3, 0.4) is 0 Å². The van der Waals surface area contributed by atoms with Crippen LogP contribution in [0.4, 0.5) is 0 Å². The Hall–Kier alpha value is -0.410. The topological polar surface area (TPSA) is 24.9 Å². The van der Waals surface area contributed by atoms with E-state index in [0.29, 0.717) is 6.04 Å². The van der Waals surface area contributed by atoms with Gasteiger partial charge in [0.2, 0.25) is 0 Å². The van der Waals surface area contributed by atoms with Crippen LogP contribution in [0, 0.1) is 5.92 Å². The van der Waals surface area contributed by atoms with E-state index in [0.717, 1.165) is 16.9 Å². The van der Waals surface area contributed by atoms with Crippen molar-refractivity contribution in [2.75, 3.05) is 0 Å². The Balaban J connectivity index is 1.82. The lowest BCUT2D eigenvalue weighted by Crippen LogP contribution is -2.31. The lowest BCUT2D eigenvalue weighted by Gasteiger charge is -2.20. The second kappa shape index (κ2) is 5.78. The maximum Gasteiger partial charge on any atom is 0.0410 e. The largest absolute Gasteiger partial charge is 0.310 e. The standard InChI is InChI=1S/C13H19BrN2/c1-10(12-4-2-3-5-12)16-8-11-6-13(14)9-15-7-11/h6-7,9-10,12,16H,2-5,8H2,1H3/t10-/m0/s1. The molecule has 1 heterocycles. The quantitative estimate of drug-likeness (QED) is 0.914. The van der Waals surface area contributed by atoms with Gasteiger partial charge in [0.1, 0.15) is 0 Å². The fraction of sp³-hybridized carbons (Fsp3) is 0.615. The highest BCUT2D eigenvalue weighted by Gasteiger charge is 2.20. The lowest BCUT2D eigenvalue weighted by atomic mass is 10.00. The van der Waals surface area contributed by atoms with Crippen molar-refractivity contribution in [1.82, 2.24) is 10.3 Å². The predicted molar refractivity (Wildman–Crippen MR) is 70.2 cm³/mol. The molecule has 1 atom stereocenters. The van der Waals surface area contributed by atoms with E-state index in [-0.39, 0.29) is 0 Å². The van der Waals surface area contributed by atoms with Gasteiger partial charge in [0.15, 0.2) is 0 Å². The highest BCUT2D eigenvalue weighted by Crippen LogP contribution is 2.27. The number of halogens is 1. The van der Waals surface area contributed by atoms with E-state index in [1.807, 2.05) is 12.4 Å². The fourth-order valence-electron chi connectivity index (χ4n) is 2.46. The van der Waals surface area contributed by atoms with Gasteiger partial charge in [0, 0.05) is 29.5 Å². The molecule has 1 aromatic heterocycles. The fourth-order valence-corrected chi connectivity index (χ4v) is 2.87. The van der Waals surface area contributed by atoms with Crippen LogP contribution < -0.4 is 5.32 Å². The van der Waals surface area contributed by atoms with Gasteiger partial charge in [0.05, 0.1) is 0 Å². The molecule has 2 rings (SSSR count). The maximum atomic E-state index is 4.17. The summed E-state index contributed by atoms with van der Waals surface area (Å²) >= 11 is 3.45. The van der Waals surface area contributed by atoms with Gasteiger partial charge >= 0.3 is 0 Å². The first kappa shape index (κ1) is 12.1. The SMILES string of the molecule is C[C@H](NCc1cncc(Br)c1)C1CCCC1. The van der Waals surface area contributed by atoms with E-state index in [1.54, 1.807) is 0 Å². The van der Waals surface area contributed by atoms with Crippen LogP contribution in [-0.2, 0) is 6.54 Å². The molecule has 0 aromatic carbocycles. The minimum Gasteiger partial charge on any atom is -0.310 e. The number of rotatable bonds is 4. The van der Waals surface area contributed by atoms with Gasteiger partial charge in [-0.2, -0.15) is 0 Å². The minimum atomic E-state index is 0.626. The van der Waals surface area contributed by atoms with Crippen LogP contribution in [0.2, 0.25) is 0 Å². The summed E-state index contributed by atoms with van der Waals surface area (Å²) in [4.78, 5) is 4.17. The normalized spacial score (nSPS) is 18.9. The summed E-state index contributed by atoms with van der Waals surface area (Å²) in [7, 11) is 0. The van der Waals surface area contributed by atoms with Crippen molar-refractivity contribution in [2.24, 2.45) is 5.92 Å². The number of pyridine rings is 1. The molecule has 2 nitrogen and oxygen atoms in total. The van der Waals surface area contributed by atoms with Crippen LogP contribution in [0.1, 0.15) is 38.2 Å². The van der Waals surface area contributed by atoms with Crippen molar-refractivity contribution in [1.29, 1.82) is 0 Å². The molecule has 16 heavy (non-hydrogen) atoms. The molecule has 3 heteroatoms. The molecule has 0 bridgehead atoms. The Morgan fingerprint density at radius 3 is 2.88 bits per heavy atom. The van der Waals surface area contributed by atoms with Gasteiger partial charge in [-0.3, -0.25) is 4.98 Å². The zero-order valence-corrected chi connectivity index (χ0v) is 11.3. The van der Waals surface area contributed by atoms with Crippen LogP contribution in [0.15, 0.2) is 22.9 Å². The summed E-state index contributed by atoms with van der Waals surface area (Å²) in [6.07, 6.45) is 9.36. The summed E-state index contributed by atoms with van der Waals surface area (Å²) in [5.74, 6) is 0.875. The third-order valence-corrected chi connectivity index (χ3v) is 3.93. The Bertz CT molecular complexity index is 334. The summed E-state index contributed by atoms with van der Waals surface area (Å²) < 4.78 is 1.06. The summed E-state index contributed by atoms with van der Waals surface area (Å²) in [5, 5.41) is 3.61. The first-order valence-electron chi connectivity index (χ1n) is 6.08. The second-order valence-corrected chi connectivity index (χ2v) is 5.64. The molecule has 0 saturated heterocycles. The monoisotopic (exact) mass is 282 g/mol. The molecule has 1 saturated carbocycles. The van der Waals surface area contributed by atoms with Gasteiger partial charge in [-0.15, -0.1) is 0 Å². The minimum absolute atomic E-state index is 0.626. The number of nitrogens with one attached hydrogen (secondary N) is 1. The maximum absolute atomic E-state index is 4.17. The van der Waals surface area contributed by atoms with E-state index in [9.17, 15) is 0 Å². The number of hydrogen-bond acceptors (Lipinski definition) is 2. The van der Waals surface area contributed by atoms with Gasteiger partial charge in [0.25, 0.3) is 0 Å². The average molecular weight is 283 g/mol. The molecule has 0 radical (unpaired) electrons. The van der Waals surface area contributed by atoms with Crippen molar-refractivity contribution >= 4 is 15.9 Å². The van der Waals surface area contributed by atoms with Crippen LogP contribution in [-0.4, -0.2) is 11.0 Å². The smallest absolute Gasteiger partial charge is 0.0410 e. The molecule has 1 fully saturated rings. The van der Waals surface area contributed by atoms with Crippen molar-refractivity contribution in [2.45, 2.75) is 45.2 Å². The molecule has 0 amide bonds. The Morgan fingerprint density at radius 2 is 2.19 bits per heavy atom. The molecule has 1 aliphatic carbocycles. The van der Waals surface area contributed by atoms with Crippen molar-refractivity contribution in [3.63, 3.8) is 0 Å². The van der Waals surface area contributed by atoms with Crippen molar-refractivity contribution in [3.8, 4) is 0 Å². The molecule has 0 aliphatic heterocycles. The van der Waals surface area contributed by atoms with E-state index >= 15 is 0 Å². The van der Waals surface area contributed by atoms with E-state index < -0.39 is 0 Å². The van der Waals surface area contributed by atoms with Crippen LogP contribution in [0.25, 0.3) is 0 Å². The summed E-state index contributed by atoms with van der Waals surface area (Å²) in [6, 6.07) is 2.75. The molecule has 88 valence electrons. The van der Waals surface area contributed by atoms with Crippen LogP contribution >= 0.6 is 15.9 Å². The van der Waals surface area contributed by atoms with Crippen molar-refractivity contribution in [3.05, 3.63) is 28.5 Å². The first-order valence-corrected chi connectivity index (χ1v) is 6.88.